The first-order chi connectivity index (χ1) is 8.13. The summed E-state index contributed by atoms with van der Waals surface area (Å²) in [7, 11) is 2.18. The van der Waals surface area contributed by atoms with Crippen molar-refractivity contribution in [3.63, 3.8) is 0 Å². The predicted molar refractivity (Wildman–Crippen MR) is 73.4 cm³/mol. The minimum Gasteiger partial charge on any atom is -0.329 e. The Morgan fingerprint density at radius 1 is 1.47 bits per heavy atom. The van der Waals surface area contributed by atoms with Crippen molar-refractivity contribution in [2.75, 3.05) is 13.6 Å². The van der Waals surface area contributed by atoms with Crippen LogP contribution in [0.25, 0.3) is 0 Å². The lowest BCUT2D eigenvalue weighted by Gasteiger charge is -2.40. The highest BCUT2D eigenvalue weighted by Gasteiger charge is 2.27. The van der Waals surface area contributed by atoms with Crippen molar-refractivity contribution in [2.45, 2.75) is 38.3 Å². The maximum Gasteiger partial charge on any atom is 0.0470 e. The number of hydrogen-bond donors (Lipinski definition) is 1. The van der Waals surface area contributed by atoms with Gasteiger partial charge in [0.15, 0.2) is 0 Å². The molecule has 0 aromatic heterocycles. The highest BCUT2D eigenvalue weighted by Crippen LogP contribution is 2.31. The van der Waals surface area contributed by atoms with E-state index in [1.807, 2.05) is 6.92 Å². The molecule has 1 saturated carbocycles. The minimum absolute atomic E-state index is 0.290. The fourth-order valence-electron chi connectivity index (χ4n) is 2.40. The maximum atomic E-state index is 6.19. The van der Waals surface area contributed by atoms with Crippen molar-refractivity contribution in [3.8, 4) is 0 Å². The Balaban J connectivity index is 2.18. The quantitative estimate of drug-likeness (QED) is 0.892. The van der Waals surface area contributed by atoms with Crippen molar-refractivity contribution in [1.29, 1.82) is 0 Å². The van der Waals surface area contributed by atoms with Crippen molar-refractivity contribution < 1.29 is 0 Å². The molecule has 2 rings (SSSR count). The van der Waals surface area contributed by atoms with E-state index in [-0.39, 0.29) is 0 Å². The molecule has 1 aromatic rings. The van der Waals surface area contributed by atoms with Gasteiger partial charge in [-0.3, -0.25) is 4.90 Å². The molecule has 1 aliphatic rings. The molecule has 1 unspecified atom stereocenters. The molecule has 0 bridgehead atoms. The molecule has 0 heterocycles. The fourth-order valence-corrected chi connectivity index (χ4v) is 2.59. The molecule has 94 valence electrons. The smallest absolute Gasteiger partial charge is 0.0470 e. The average molecular weight is 253 g/mol. The van der Waals surface area contributed by atoms with Crippen LogP contribution in [-0.2, 0) is 0 Å². The first-order valence-corrected chi connectivity index (χ1v) is 6.69. The van der Waals surface area contributed by atoms with Crippen molar-refractivity contribution >= 4 is 11.6 Å². The van der Waals surface area contributed by atoms with E-state index in [0.29, 0.717) is 18.6 Å². The Morgan fingerprint density at radius 2 is 2.18 bits per heavy atom. The van der Waals surface area contributed by atoms with Crippen LogP contribution in [0.2, 0.25) is 5.02 Å². The zero-order chi connectivity index (χ0) is 12.4. The predicted octanol–water partition coefficient (Wildman–Crippen LogP) is 3.13. The van der Waals surface area contributed by atoms with E-state index in [2.05, 4.69) is 30.1 Å². The molecule has 2 nitrogen and oxygen atoms in total. The molecule has 1 atom stereocenters. The second-order valence-electron chi connectivity index (χ2n) is 5.01. The maximum absolute atomic E-state index is 6.19. The number of nitrogens with two attached hydrogens (primary N) is 1. The van der Waals surface area contributed by atoms with Gasteiger partial charge >= 0.3 is 0 Å². The number of benzene rings is 1. The van der Waals surface area contributed by atoms with E-state index >= 15 is 0 Å². The van der Waals surface area contributed by atoms with Gasteiger partial charge in [0.2, 0.25) is 0 Å². The van der Waals surface area contributed by atoms with Crippen LogP contribution in [0.15, 0.2) is 18.2 Å². The van der Waals surface area contributed by atoms with Crippen LogP contribution in [-0.4, -0.2) is 24.5 Å². The van der Waals surface area contributed by atoms with Crippen LogP contribution in [0.3, 0.4) is 0 Å². The van der Waals surface area contributed by atoms with E-state index in [9.17, 15) is 0 Å². The molecule has 0 spiro atoms. The van der Waals surface area contributed by atoms with Gasteiger partial charge in [-0.2, -0.15) is 0 Å². The molecule has 0 amide bonds. The van der Waals surface area contributed by atoms with Gasteiger partial charge in [0.25, 0.3) is 0 Å². The van der Waals surface area contributed by atoms with Gasteiger partial charge in [-0.25, -0.2) is 0 Å². The summed E-state index contributed by atoms with van der Waals surface area (Å²) < 4.78 is 0. The number of hydrogen-bond acceptors (Lipinski definition) is 2. The van der Waals surface area contributed by atoms with Gasteiger partial charge in [0, 0.05) is 23.7 Å². The monoisotopic (exact) mass is 252 g/mol. The Bertz CT molecular complexity index is 388. The first-order valence-electron chi connectivity index (χ1n) is 6.31. The van der Waals surface area contributed by atoms with Gasteiger partial charge in [-0.05, 0) is 44.0 Å². The molecule has 1 fully saturated rings. The van der Waals surface area contributed by atoms with Crippen LogP contribution >= 0.6 is 11.6 Å². The Kier molecular flexibility index (Phi) is 4.08. The molecule has 1 aromatic carbocycles. The fraction of sp³-hybridized carbons (Fsp3) is 0.571. The highest BCUT2D eigenvalue weighted by atomic mass is 35.5. The summed E-state index contributed by atoms with van der Waals surface area (Å²) in [5.41, 5.74) is 8.28. The molecule has 0 saturated heterocycles. The molecular formula is C14H21ClN2. The molecule has 17 heavy (non-hydrogen) atoms. The summed E-state index contributed by atoms with van der Waals surface area (Å²) in [4.78, 5) is 2.41. The first kappa shape index (κ1) is 12.9. The largest absolute Gasteiger partial charge is 0.329 e. The Hall–Kier alpha value is -0.570. The SMILES string of the molecule is Cc1ccc(C(CN)N(C)C2CCC2)cc1Cl. The van der Waals surface area contributed by atoms with Crippen LogP contribution in [0, 0.1) is 6.92 Å². The van der Waals surface area contributed by atoms with Gasteiger partial charge in [0.1, 0.15) is 0 Å². The van der Waals surface area contributed by atoms with E-state index in [1.54, 1.807) is 0 Å². The summed E-state index contributed by atoms with van der Waals surface area (Å²) >= 11 is 6.19. The van der Waals surface area contributed by atoms with Crippen LogP contribution in [0.4, 0.5) is 0 Å². The summed E-state index contributed by atoms with van der Waals surface area (Å²) in [5.74, 6) is 0. The average Bonchev–Trinajstić information content (AvgIpc) is 2.22. The topological polar surface area (TPSA) is 29.3 Å². The number of rotatable bonds is 4. The van der Waals surface area contributed by atoms with E-state index < -0.39 is 0 Å². The number of halogens is 1. The van der Waals surface area contributed by atoms with E-state index in [4.69, 9.17) is 17.3 Å². The molecule has 3 heteroatoms. The second-order valence-corrected chi connectivity index (χ2v) is 5.42. The zero-order valence-electron chi connectivity index (χ0n) is 10.6. The van der Waals surface area contributed by atoms with E-state index in [0.717, 1.165) is 10.6 Å². The lowest BCUT2D eigenvalue weighted by molar-refractivity contribution is 0.113. The van der Waals surface area contributed by atoms with Crippen LogP contribution in [0.5, 0.6) is 0 Å². The third-order valence-corrected chi connectivity index (χ3v) is 4.35. The summed E-state index contributed by atoms with van der Waals surface area (Å²) in [6, 6.07) is 7.27. The van der Waals surface area contributed by atoms with Gasteiger partial charge < -0.3 is 5.73 Å². The minimum atomic E-state index is 0.290. The van der Waals surface area contributed by atoms with Gasteiger partial charge in [-0.15, -0.1) is 0 Å². The van der Waals surface area contributed by atoms with E-state index in [1.165, 1.54) is 24.8 Å². The normalized spacial score (nSPS) is 18.2. The second kappa shape index (κ2) is 5.38. The van der Waals surface area contributed by atoms with Crippen LogP contribution in [0.1, 0.15) is 36.4 Å². The number of nitrogens with zero attached hydrogens (tertiary/aromatic N) is 1. The lowest BCUT2D eigenvalue weighted by Crippen LogP contribution is -2.42. The van der Waals surface area contributed by atoms with Gasteiger partial charge in [-0.1, -0.05) is 30.2 Å². The number of aryl methyl sites for hydroxylation is 1. The molecule has 1 aliphatic carbocycles. The molecule has 2 N–H and O–H groups in total. The third-order valence-electron chi connectivity index (χ3n) is 3.95. The van der Waals surface area contributed by atoms with Crippen molar-refractivity contribution in [3.05, 3.63) is 34.3 Å². The third kappa shape index (κ3) is 2.65. The lowest BCUT2D eigenvalue weighted by atomic mass is 9.89. The standard InChI is InChI=1S/C14H21ClN2/c1-10-6-7-11(8-13(10)15)14(9-16)17(2)12-4-3-5-12/h6-8,12,14H,3-5,9,16H2,1-2H3. The van der Waals surface area contributed by atoms with Crippen molar-refractivity contribution in [1.82, 2.24) is 4.90 Å². The van der Waals surface area contributed by atoms with Crippen molar-refractivity contribution in [2.24, 2.45) is 5.73 Å². The molecule has 0 aliphatic heterocycles. The molecule has 0 radical (unpaired) electrons. The summed E-state index contributed by atoms with van der Waals surface area (Å²) in [5, 5.41) is 0.836. The van der Waals surface area contributed by atoms with Gasteiger partial charge in [0.05, 0.1) is 0 Å². The van der Waals surface area contributed by atoms with Crippen LogP contribution < -0.4 is 5.73 Å². The summed E-state index contributed by atoms with van der Waals surface area (Å²) in [6.07, 6.45) is 3.94. The molecular weight excluding hydrogens is 232 g/mol. The Labute approximate surface area is 109 Å². The summed E-state index contributed by atoms with van der Waals surface area (Å²) in [6.45, 7) is 2.67. The zero-order valence-corrected chi connectivity index (χ0v) is 11.4. The Morgan fingerprint density at radius 3 is 2.65 bits per heavy atom. The highest BCUT2D eigenvalue weighted by molar-refractivity contribution is 6.31. The number of likely N-dealkylation sites (N-methyl/N-ethyl adjacent to an activating group) is 1.